The van der Waals surface area contributed by atoms with Gasteiger partial charge >= 0.3 is 0 Å². The fourth-order valence-corrected chi connectivity index (χ4v) is 3.06. The minimum Gasteiger partial charge on any atom is -0.314 e. The Morgan fingerprint density at radius 1 is 1.24 bits per heavy atom. The zero-order valence-corrected chi connectivity index (χ0v) is 14.8. The van der Waals surface area contributed by atoms with E-state index in [2.05, 4.69) is 24.1 Å². The Morgan fingerprint density at radius 2 is 1.86 bits per heavy atom. The highest BCUT2D eigenvalue weighted by Gasteiger charge is 2.26. The van der Waals surface area contributed by atoms with Crippen LogP contribution in [0.3, 0.4) is 0 Å². The van der Waals surface area contributed by atoms with Gasteiger partial charge in [-0.05, 0) is 29.7 Å². The SMILES string of the molecule is CCC(C)[C@H](c1cc(F)cc(Cl)c1)N1CCNCC1.Cl.Cl. The van der Waals surface area contributed by atoms with Crippen molar-refractivity contribution in [1.82, 2.24) is 10.2 Å². The lowest BCUT2D eigenvalue weighted by molar-refractivity contribution is 0.128. The Morgan fingerprint density at radius 3 is 2.38 bits per heavy atom. The number of benzene rings is 1. The maximum absolute atomic E-state index is 13.6. The first kappa shape index (κ1) is 20.9. The smallest absolute Gasteiger partial charge is 0.125 e. The Hall–Kier alpha value is -0.0600. The lowest BCUT2D eigenvalue weighted by Gasteiger charge is -2.38. The van der Waals surface area contributed by atoms with E-state index in [1.807, 2.05) is 6.07 Å². The zero-order valence-electron chi connectivity index (χ0n) is 12.4. The summed E-state index contributed by atoms with van der Waals surface area (Å²) in [5.74, 6) is 0.238. The standard InChI is InChI=1S/C15H22ClFN2.2ClH/c1-3-11(2)15(19-6-4-18-5-7-19)12-8-13(16)10-14(17)9-12;;/h8-11,15,18H,3-7H2,1-2H3;2*1H/t11?,15-;;/m1../s1. The van der Waals surface area contributed by atoms with Crippen molar-refractivity contribution >= 4 is 36.4 Å². The molecule has 1 fully saturated rings. The summed E-state index contributed by atoms with van der Waals surface area (Å²) in [6.07, 6.45) is 1.07. The lowest BCUT2D eigenvalue weighted by atomic mass is 9.90. The maximum atomic E-state index is 13.6. The molecule has 0 spiro atoms. The molecule has 0 aromatic heterocycles. The van der Waals surface area contributed by atoms with Crippen molar-refractivity contribution in [3.63, 3.8) is 0 Å². The van der Waals surface area contributed by atoms with Gasteiger partial charge < -0.3 is 5.32 Å². The highest BCUT2D eigenvalue weighted by atomic mass is 35.5. The number of hydrogen-bond acceptors (Lipinski definition) is 2. The predicted octanol–water partition coefficient (Wildman–Crippen LogP) is 4.32. The summed E-state index contributed by atoms with van der Waals surface area (Å²) in [7, 11) is 0. The second-order valence-electron chi connectivity index (χ2n) is 5.32. The molecule has 122 valence electrons. The fourth-order valence-electron chi connectivity index (χ4n) is 2.83. The first-order valence-electron chi connectivity index (χ1n) is 7.02. The van der Waals surface area contributed by atoms with Crippen molar-refractivity contribution < 1.29 is 4.39 Å². The van der Waals surface area contributed by atoms with Gasteiger partial charge in [0, 0.05) is 37.2 Å². The molecule has 1 aromatic rings. The molecule has 1 unspecified atom stereocenters. The third kappa shape index (κ3) is 5.57. The average Bonchev–Trinajstić information content (AvgIpc) is 2.39. The Kier molecular flexibility index (Phi) is 9.83. The molecule has 1 saturated heterocycles. The van der Waals surface area contributed by atoms with Gasteiger partial charge in [0.2, 0.25) is 0 Å². The molecular formula is C15H24Cl3FN2. The topological polar surface area (TPSA) is 15.3 Å². The molecule has 6 heteroatoms. The van der Waals surface area contributed by atoms with Crippen molar-refractivity contribution in [2.24, 2.45) is 5.92 Å². The number of nitrogens with zero attached hydrogens (tertiary/aromatic N) is 1. The van der Waals surface area contributed by atoms with Crippen LogP contribution in [0.2, 0.25) is 5.02 Å². The summed E-state index contributed by atoms with van der Waals surface area (Å²) in [5.41, 5.74) is 1.00. The Balaban J connectivity index is 0.00000200. The summed E-state index contributed by atoms with van der Waals surface area (Å²) in [6, 6.07) is 5.16. The van der Waals surface area contributed by atoms with Crippen LogP contribution in [0.4, 0.5) is 4.39 Å². The van der Waals surface area contributed by atoms with Gasteiger partial charge in [0.1, 0.15) is 5.82 Å². The van der Waals surface area contributed by atoms with Gasteiger partial charge in [-0.15, -0.1) is 24.8 Å². The van der Waals surface area contributed by atoms with E-state index in [1.165, 1.54) is 6.07 Å². The van der Waals surface area contributed by atoms with Crippen molar-refractivity contribution in [1.29, 1.82) is 0 Å². The molecule has 1 aromatic carbocycles. The molecule has 1 heterocycles. The van der Waals surface area contributed by atoms with Gasteiger partial charge in [0.25, 0.3) is 0 Å². The van der Waals surface area contributed by atoms with Gasteiger partial charge in [-0.2, -0.15) is 0 Å². The number of hydrogen-bond donors (Lipinski definition) is 1. The second kappa shape index (κ2) is 9.86. The van der Waals surface area contributed by atoms with Crippen LogP contribution < -0.4 is 5.32 Å². The van der Waals surface area contributed by atoms with Gasteiger partial charge in [0.05, 0.1) is 0 Å². The van der Waals surface area contributed by atoms with Crippen LogP contribution in [-0.2, 0) is 0 Å². The molecule has 1 aliphatic rings. The quantitative estimate of drug-likeness (QED) is 0.863. The molecule has 0 radical (unpaired) electrons. The third-order valence-corrected chi connectivity index (χ3v) is 4.17. The van der Waals surface area contributed by atoms with E-state index < -0.39 is 0 Å². The van der Waals surface area contributed by atoms with E-state index in [0.717, 1.165) is 38.2 Å². The van der Waals surface area contributed by atoms with Gasteiger partial charge in [0.15, 0.2) is 0 Å². The number of piperazine rings is 1. The summed E-state index contributed by atoms with van der Waals surface area (Å²) in [6.45, 7) is 8.41. The van der Waals surface area contributed by atoms with Crippen LogP contribution in [0.5, 0.6) is 0 Å². The van der Waals surface area contributed by atoms with Crippen molar-refractivity contribution in [2.75, 3.05) is 26.2 Å². The molecule has 2 atom stereocenters. The average molecular weight is 358 g/mol. The van der Waals surface area contributed by atoms with Crippen molar-refractivity contribution in [2.45, 2.75) is 26.3 Å². The minimum absolute atomic E-state index is 0. The molecule has 1 N–H and O–H groups in total. The van der Waals surface area contributed by atoms with E-state index in [1.54, 1.807) is 6.07 Å². The van der Waals surface area contributed by atoms with Gasteiger partial charge in [-0.1, -0.05) is 31.9 Å². The lowest BCUT2D eigenvalue weighted by Crippen LogP contribution is -2.46. The monoisotopic (exact) mass is 356 g/mol. The molecule has 2 nitrogen and oxygen atoms in total. The van der Waals surface area contributed by atoms with E-state index in [-0.39, 0.29) is 36.7 Å². The van der Waals surface area contributed by atoms with E-state index in [9.17, 15) is 4.39 Å². The first-order chi connectivity index (χ1) is 9.11. The van der Waals surface area contributed by atoms with E-state index in [0.29, 0.717) is 10.9 Å². The van der Waals surface area contributed by atoms with Crippen molar-refractivity contribution in [3.05, 3.63) is 34.6 Å². The Labute approximate surface area is 144 Å². The summed E-state index contributed by atoms with van der Waals surface area (Å²) in [4.78, 5) is 2.44. The maximum Gasteiger partial charge on any atom is 0.125 e. The molecule has 2 rings (SSSR count). The predicted molar refractivity (Wildman–Crippen MR) is 92.5 cm³/mol. The second-order valence-corrected chi connectivity index (χ2v) is 5.76. The highest BCUT2D eigenvalue weighted by molar-refractivity contribution is 6.30. The Bertz CT molecular complexity index is 405. The van der Waals surface area contributed by atoms with Crippen LogP contribution in [0.15, 0.2) is 18.2 Å². The summed E-state index contributed by atoms with van der Waals surface area (Å²) >= 11 is 6.01. The van der Waals surface area contributed by atoms with Crippen LogP contribution in [-0.4, -0.2) is 31.1 Å². The van der Waals surface area contributed by atoms with Crippen LogP contribution in [0, 0.1) is 11.7 Å². The molecule has 0 saturated carbocycles. The van der Waals surface area contributed by atoms with Crippen LogP contribution in [0.1, 0.15) is 31.9 Å². The summed E-state index contributed by atoms with van der Waals surface area (Å²) < 4.78 is 13.6. The van der Waals surface area contributed by atoms with Gasteiger partial charge in [-0.3, -0.25) is 4.90 Å². The molecule has 1 aliphatic heterocycles. The van der Waals surface area contributed by atoms with E-state index >= 15 is 0 Å². The molecule has 0 bridgehead atoms. The number of halogens is 4. The first-order valence-corrected chi connectivity index (χ1v) is 7.40. The highest BCUT2D eigenvalue weighted by Crippen LogP contribution is 2.32. The molecule has 0 aliphatic carbocycles. The van der Waals surface area contributed by atoms with Crippen LogP contribution in [0.25, 0.3) is 0 Å². The third-order valence-electron chi connectivity index (χ3n) is 3.95. The number of rotatable bonds is 4. The number of nitrogens with one attached hydrogen (secondary N) is 1. The minimum atomic E-state index is -0.245. The normalized spacial score (nSPS) is 18.3. The summed E-state index contributed by atoms with van der Waals surface area (Å²) in [5, 5.41) is 3.84. The molecule has 0 amide bonds. The molecular weight excluding hydrogens is 334 g/mol. The van der Waals surface area contributed by atoms with E-state index in [4.69, 9.17) is 11.6 Å². The van der Waals surface area contributed by atoms with Crippen molar-refractivity contribution in [3.8, 4) is 0 Å². The fraction of sp³-hybridized carbons (Fsp3) is 0.600. The largest absolute Gasteiger partial charge is 0.314 e. The van der Waals surface area contributed by atoms with Gasteiger partial charge in [-0.25, -0.2) is 4.39 Å². The molecule has 21 heavy (non-hydrogen) atoms. The zero-order chi connectivity index (χ0) is 13.8. The van der Waals surface area contributed by atoms with Crippen LogP contribution >= 0.6 is 36.4 Å².